The van der Waals surface area contributed by atoms with Crippen molar-refractivity contribution < 1.29 is 19.4 Å². The lowest BCUT2D eigenvalue weighted by Crippen LogP contribution is -2.20. The first-order valence-electron chi connectivity index (χ1n) is 4.92. The van der Waals surface area contributed by atoms with E-state index in [4.69, 9.17) is 26.4 Å². The lowest BCUT2D eigenvalue weighted by Gasteiger charge is -2.05. The van der Waals surface area contributed by atoms with Gasteiger partial charge in [-0.2, -0.15) is 9.97 Å². The van der Waals surface area contributed by atoms with Gasteiger partial charge in [0.2, 0.25) is 0 Å². The van der Waals surface area contributed by atoms with Gasteiger partial charge in [-0.25, -0.2) is 0 Å². The Morgan fingerprint density at radius 1 is 1.11 bits per heavy atom. The highest BCUT2D eigenvalue weighted by Crippen LogP contribution is 2.21. The molecule has 0 saturated heterocycles. The molecule has 1 aromatic heterocycles. The predicted molar refractivity (Wildman–Crippen MR) is 64.4 cm³/mol. The van der Waals surface area contributed by atoms with E-state index in [1.54, 1.807) is 24.3 Å². The van der Waals surface area contributed by atoms with Gasteiger partial charge in [-0.15, -0.1) is 0 Å². The van der Waals surface area contributed by atoms with Gasteiger partial charge in [-0.05, 0) is 18.2 Å². The number of ether oxygens (including phenoxy) is 1. The van der Waals surface area contributed by atoms with Crippen LogP contribution in [0, 0.1) is 0 Å². The van der Waals surface area contributed by atoms with E-state index >= 15 is 0 Å². The Morgan fingerprint density at radius 3 is 2.44 bits per heavy atom. The van der Waals surface area contributed by atoms with Crippen LogP contribution < -0.4 is 9.39 Å². The summed E-state index contributed by atoms with van der Waals surface area (Å²) >= 11 is 5.80. The summed E-state index contributed by atoms with van der Waals surface area (Å²) in [4.78, 5) is 7.67. The van der Waals surface area contributed by atoms with Crippen LogP contribution in [0.2, 0.25) is 5.02 Å². The third-order valence-electron chi connectivity index (χ3n) is 1.85. The fraction of sp³-hybridized carbons (Fsp3) is 0. The van der Waals surface area contributed by atoms with E-state index in [0.717, 1.165) is 0 Å². The number of halogens is 1. The molecule has 0 atom stereocenters. The molecule has 1 heterocycles. The Labute approximate surface area is 108 Å². The zero-order chi connectivity index (χ0) is 13.0. The Bertz CT molecular complexity index is 524. The first-order valence-corrected chi connectivity index (χ1v) is 5.29. The summed E-state index contributed by atoms with van der Waals surface area (Å²) in [5.74, 6) is 0.613. The van der Waals surface area contributed by atoms with Crippen molar-refractivity contribution in [2.75, 3.05) is 0 Å². The maximum Gasteiger partial charge on any atom is 0.707 e. The zero-order valence-electron chi connectivity index (χ0n) is 9.02. The van der Waals surface area contributed by atoms with E-state index in [0.29, 0.717) is 10.8 Å². The molecular weight excluding hydrogens is 258 g/mol. The minimum absolute atomic E-state index is 0.0945. The van der Waals surface area contributed by atoms with Crippen LogP contribution in [0.4, 0.5) is 0 Å². The van der Waals surface area contributed by atoms with Crippen molar-refractivity contribution in [3.8, 4) is 17.5 Å². The molecule has 18 heavy (non-hydrogen) atoms. The molecule has 0 radical (unpaired) electrons. The maximum atomic E-state index is 8.57. The highest BCUT2D eigenvalue weighted by atomic mass is 35.5. The van der Waals surface area contributed by atoms with E-state index in [-0.39, 0.29) is 11.8 Å². The average molecular weight is 266 g/mol. The molecule has 1 aromatic carbocycles. The summed E-state index contributed by atoms with van der Waals surface area (Å²) in [7, 11) is -1.91. The lowest BCUT2D eigenvalue weighted by molar-refractivity contribution is 0.286. The van der Waals surface area contributed by atoms with Crippen molar-refractivity contribution in [3.05, 3.63) is 41.7 Å². The summed E-state index contributed by atoms with van der Waals surface area (Å²) in [6.07, 6.45) is 2.51. The van der Waals surface area contributed by atoms with E-state index in [1.165, 1.54) is 12.4 Å². The van der Waals surface area contributed by atoms with E-state index in [9.17, 15) is 0 Å². The van der Waals surface area contributed by atoms with Crippen molar-refractivity contribution in [1.29, 1.82) is 0 Å². The largest absolute Gasteiger partial charge is 0.707 e. The van der Waals surface area contributed by atoms with Gasteiger partial charge >= 0.3 is 13.3 Å². The third-order valence-corrected chi connectivity index (χ3v) is 2.09. The molecule has 0 aliphatic heterocycles. The highest BCUT2D eigenvalue weighted by molar-refractivity contribution is 6.33. The molecule has 0 saturated carbocycles. The van der Waals surface area contributed by atoms with E-state index in [1.807, 2.05) is 0 Å². The number of hydrogen-bond donors (Lipinski definition) is 2. The fourth-order valence-electron chi connectivity index (χ4n) is 1.18. The second-order valence-electron chi connectivity index (χ2n) is 3.20. The van der Waals surface area contributed by atoms with Gasteiger partial charge in [0, 0.05) is 5.02 Å². The Morgan fingerprint density at radius 2 is 1.83 bits per heavy atom. The zero-order valence-corrected chi connectivity index (χ0v) is 9.78. The third kappa shape index (κ3) is 3.59. The second-order valence-corrected chi connectivity index (χ2v) is 3.64. The molecule has 0 bridgehead atoms. The van der Waals surface area contributed by atoms with Crippen LogP contribution in [0.3, 0.4) is 0 Å². The summed E-state index contributed by atoms with van der Waals surface area (Å²) in [5, 5.41) is 17.7. The van der Waals surface area contributed by atoms with Crippen LogP contribution in [0.25, 0.3) is 0 Å². The summed E-state index contributed by atoms with van der Waals surface area (Å²) in [5.41, 5.74) is 0. The summed E-state index contributed by atoms with van der Waals surface area (Å²) in [6, 6.07) is 6.87. The van der Waals surface area contributed by atoms with Crippen LogP contribution in [-0.4, -0.2) is 27.3 Å². The molecular formula is C10H8BClN2O4. The van der Waals surface area contributed by atoms with Crippen LogP contribution >= 0.6 is 11.6 Å². The van der Waals surface area contributed by atoms with E-state index in [2.05, 4.69) is 14.6 Å². The van der Waals surface area contributed by atoms with Crippen molar-refractivity contribution in [2.45, 2.75) is 0 Å². The predicted octanol–water partition coefficient (Wildman–Crippen LogP) is 1.27. The highest BCUT2D eigenvalue weighted by Gasteiger charge is 2.11. The number of nitrogens with zero attached hydrogens (tertiary/aromatic N) is 2. The van der Waals surface area contributed by atoms with Gasteiger partial charge in [0.05, 0.1) is 12.4 Å². The first kappa shape index (κ1) is 12.6. The minimum atomic E-state index is -1.91. The van der Waals surface area contributed by atoms with Gasteiger partial charge in [0.15, 0.2) is 0 Å². The SMILES string of the molecule is OB(O)Oc1cnc(Oc2cccc(Cl)c2)nc1. The van der Waals surface area contributed by atoms with E-state index < -0.39 is 7.32 Å². The van der Waals surface area contributed by atoms with Crippen molar-refractivity contribution >= 4 is 18.9 Å². The number of rotatable bonds is 4. The number of hydrogen-bond acceptors (Lipinski definition) is 6. The molecule has 0 unspecified atom stereocenters. The van der Waals surface area contributed by atoms with Crippen LogP contribution in [0.15, 0.2) is 36.7 Å². The molecule has 0 aliphatic rings. The molecule has 6 nitrogen and oxygen atoms in total. The summed E-state index contributed by atoms with van der Waals surface area (Å²) < 4.78 is 9.88. The van der Waals surface area contributed by atoms with Crippen molar-refractivity contribution in [2.24, 2.45) is 0 Å². The van der Waals surface area contributed by atoms with Crippen molar-refractivity contribution in [3.63, 3.8) is 0 Å². The topological polar surface area (TPSA) is 84.7 Å². The van der Waals surface area contributed by atoms with Gasteiger partial charge in [0.1, 0.15) is 11.5 Å². The molecule has 92 valence electrons. The summed E-state index contributed by atoms with van der Waals surface area (Å²) in [6.45, 7) is 0. The molecule has 0 spiro atoms. The fourth-order valence-corrected chi connectivity index (χ4v) is 1.36. The van der Waals surface area contributed by atoms with Gasteiger partial charge in [-0.3, -0.25) is 0 Å². The average Bonchev–Trinajstić information content (AvgIpc) is 2.31. The lowest BCUT2D eigenvalue weighted by atomic mass is 10.2. The Hall–Kier alpha value is -1.83. The standard InChI is InChI=1S/C10H8BClN2O4/c12-7-2-1-3-8(4-7)17-10-13-5-9(6-14-10)18-11(15)16/h1-6,15-16H. The minimum Gasteiger partial charge on any atom is -0.509 e. The molecule has 0 fully saturated rings. The Kier molecular flexibility index (Phi) is 3.98. The maximum absolute atomic E-state index is 8.57. The van der Waals surface area contributed by atoms with Gasteiger partial charge in [-0.1, -0.05) is 17.7 Å². The normalized spacial score (nSPS) is 9.94. The van der Waals surface area contributed by atoms with Crippen molar-refractivity contribution in [1.82, 2.24) is 9.97 Å². The quantitative estimate of drug-likeness (QED) is 0.811. The number of aromatic nitrogens is 2. The molecule has 2 N–H and O–H groups in total. The molecule has 2 aromatic rings. The van der Waals surface area contributed by atoms with Gasteiger partial charge in [0.25, 0.3) is 0 Å². The number of benzene rings is 1. The second kappa shape index (κ2) is 5.68. The molecule has 2 rings (SSSR count). The van der Waals surface area contributed by atoms with Gasteiger partial charge < -0.3 is 19.4 Å². The first-order chi connectivity index (χ1) is 8.63. The van der Waals surface area contributed by atoms with Crippen LogP contribution in [0.5, 0.6) is 17.5 Å². The smallest absolute Gasteiger partial charge is 0.509 e. The van der Waals surface area contributed by atoms with Crippen LogP contribution in [-0.2, 0) is 0 Å². The molecule has 0 aliphatic carbocycles. The van der Waals surface area contributed by atoms with Crippen LogP contribution in [0.1, 0.15) is 0 Å². The molecule has 8 heteroatoms. The Balaban J connectivity index is 2.06. The monoisotopic (exact) mass is 266 g/mol. The molecule has 0 amide bonds.